The number of hydrogen-bond acceptors (Lipinski definition) is 5. The molecule has 0 saturated carbocycles. The Labute approximate surface area is 224 Å². The minimum absolute atomic E-state index is 0.109. The second-order valence-corrected chi connectivity index (χ2v) is 11.3. The summed E-state index contributed by atoms with van der Waals surface area (Å²) in [5.74, 6) is 0.640. The van der Waals surface area contributed by atoms with Gasteiger partial charge in [-0.2, -0.15) is 0 Å². The molecule has 202 valence electrons. The van der Waals surface area contributed by atoms with E-state index in [2.05, 4.69) is 58.9 Å². The largest absolute Gasteiger partial charge is 0.486 e. The third-order valence-corrected chi connectivity index (χ3v) is 7.90. The van der Waals surface area contributed by atoms with E-state index in [9.17, 15) is 4.39 Å². The average Bonchev–Trinajstić information content (AvgIpc) is 2.90. The molecule has 0 radical (unpaired) electrons. The fourth-order valence-corrected chi connectivity index (χ4v) is 5.77. The van der Waals surface area contributed by atoms with Crippen LogP contribution in [-0.2, 0) is 6.42 Å². The molecular formula is C31H38F2N4O. The molecule has 1 aromatic heterocycles. The molecule has 0 aliphatic carbocycles. The first kappa shape index (κ1) is 26.5. The van der Waals surface area contributed by atoms with Crippen LogP contribution >= 0.6 is 0 Å². The van der Waals surface area contributed by atoms with E-state index in [0.29, 0.717) is 48.5 Å². The molecule has 3 aromatic rings. The number of piperidine rings is 1. The fraction of sp³-hybridized carbons (Fsp3) is 0.484. The number of aromatic nitrogens is 2. The van der Waals surface area contributed by atoms with Gasteiger partial charge in [-0.15, -0.1) is 0 Å². The van der Waals surface area contributed by atoms with Crippen molar-refractivity contribution in [1.29, 1.82) is 0 Å². The molecule has 0 spiro atoms. The SMILES string of the molecule is CC(C)c1cc(Cc2ncc(F)c(-c3cc(F)c4c(c3)N(C(C)C)CCO4)n2)ccc1C1CCN(C)CC1. The molecule has 0 N–H and O–H groups in total. The normalized spacial score (nSPS) is 16.7. The van der Waals surface area contributed by atoms with Crippen molar-refractivity contribution in [2.45, 2.75) is 64.8 Å². The monoisotopic (exact) mass is 520 g/mol. The lowest BCUT2D eigenvalue weighted by molar-refractivity contribution is 0.254. The molecule has 5 rings (SSSR count). The highest BCUT2D eigenvalue weighted by Crippen LogP contribution is 2.39. The second kappa shape index (κ2) is 11.0. The lowest BCUT2D eigenvalue weighted by Gasteiger charge is -2.34. The molecule has 1 fully saturated rings. The maximum Gasteiger partial charge on any atom is 0.178 e. The van der Waals surface area contributed by atoms with Crippen LogP contribution in [0.5, 0.6) is 5.75 Å². The van der Waals surface area contributed by atoms with Crippen molar-refractivity contribution in [2.24, 2.45) is 0 Å². The summed E-state index contributed by atoms with van der Waals surface area (Å²) in [4.78, 5) is 13.3. The molecule has 2 aromatic carbocycles. The number of benzene rings is 2. The number of likely N-dealkylation sites (tertiary alicyclic amines) is 1. The number of ether oxygens (including phenoxy) is 1. The van der Waals surface area contributed by atoms with E-state index in [1.54, 1.807) is 6.07 Å². The smallest absolute Gasteiger partial charge is 0.178 e. The number of hydrogen-bond donors (Lipinski definition) is 0. The highest BCUT2D eigenvalue weighted by atomic mass is 19.1. The second-order valence-electron chi connectivity index (χ2n) is 11.3. The number of anilines is 1. The molecule has 0 atom stereocenters. The van der Waals surface area contributed by atoms with Gasteiger partial charge in [-0.3, -0.25) is 0 Å². The summed E-state index contributed by atoms with van der Waals surface area (Å²) < 4.78 is 35.6. The Balaban J connectivity index is 1.45. The van der Waals surface area contributed by atoms with Crippen LogP contribution in [0.4, 0.5) is 14.5 Å². The van der Waals surface area contributed by atoms with Crippen molar-refractivity contribution in [3.8, 4) is 17.0 Å². The Morgan fingerprint density at radius 3 is 2.47 bits per heavy atom. The summed E-state index contributed by atoms with van der Waals surface area (Å²) >= 11 is 0. The molecule has 1 saturated heterocycles. The van der Waals surface area contributed by atoms with Gasteiger partial charge >= 0.3 is 0 Å². The number of halogens is 2. The van der Waals surface area contributed by atoms with Crippen LogP contribution in [0.15, 0.2) is 36.5 Å². The lowest BCUT2D eigenvalue weighted by atomic mass is 9.82. The van der Waals surface area contributed by atoms with Crippen LogP contribution in [-0.4, -0.2) is 54.2 Å². The highest BCUT2D eigenvalue weighted by Gasteiger charge is 2.26. The summed E-state index contributed by atoms with van der Waals surface area (Å²) in [6.07, 6.45) is 4.03. The number of nitrogens with zero attached hydrogens (tertiary/aromatic N) is 4. The van der Waals surface area contributed by atoms with Crippen LogP contribution in [0.2, 0.25) is 0 Å². The van der Waals surface area contributed by atoms with E-state index >= 15 is 4.39 Å². The number of fused-ring (bicyclic) bond motifs is 1. The van der Waals surface area contributed by atoms with Crippen LogP contribution in [0.1, 0.15) is 74.9 Å². The first-order chi connectivity index (χ1) is 18.2. The first-order valence-electron chi connectivity index (χ1n) is 13.8. The maximum absolute atomic E-state index is 15.0. The topological polar surface area (TPSA) is 41.5 Å². The zero-order valence-electron chi connectivity index (χ0n) is 23.1. The summed E-state index contributed by atoms with van der Waals surface area (Å²) in [5, 5.41) is 0. The average molecular weight is 521 g/mol. The quantitative estimate of drug-likeness (QED) is 0.369. The zero-order chi connectivity index (χ0) is 27.0. The molecule has 2 aliphatic rings. The van der Waals surface area contributed by atoms with Crippen LogP contribution in [0, 0.1) is 11.6 Å². The van der Waals surface area contributed by atoms with Gasteiger partial charge in [0.25, 0.3) is 0 Å². The van der Waals surface area contributed by atoms with E-state index in [-0.39, 0.29) is 17.5 Å². The number of rotatable bonds is 6. The third-order valence-electron chi connectivity index (χ3n) is 7.90. The van der Waals surface area contributed by atoms with Gasteiger partial charge < -0.3 is 14.5 Å². The van der Waals surface area contributed by atoms with Gasteiger partial charge in [-0.1, -0.05) is 32.0 Å². The molecule has 5 nitrogen and oxygen atoms in total. The van der Waals surface area contributed by atoms with Gasteiger partial charge in [0.2, 0.25) is 0 Å². The van der Waals surface area contributed by atoms with Gasteiger partial charge in [0.15, 0.2) is 17.4 Å². The summed E-state index contributed by atoms with van der Waals surface area (Å²) in [6, 6.07) is 9.93. The Bertz CT molecular complexity index is 1300. The molecular weight excluding hydrogens is 482 g/mol. The maximum atomic E-state index is 15.0. The molecule has 0 unspecified atom stereocenters. The van der Waals surface area contributed by atoms with E-state index in [1.807, 2.05) is 13.8 Å². The Morgan fingerprint density at radius 2 is 1.76 bits per heavy atom. The summed E-state index contributed by atoms with van der Waals surface area (Å²) in [6.45, 7) is 11.9. The summed E-state index contributed by atoms with van der Waals surface area (Å²) in [7, 11) is 2.19. The predicted octanol–water partition coefficient (Wildman–Crippen LogP) is 6.55. The van der Waals surface area contributed by atoms with Gasteiger partial charge in [0.1, 0.15) is 18.1 Å². The Morgan fingerprint density at radius 1 is 1.00 bits per heavy atom. The zero-order valence-corrected chi connectivity index (χ0v) is 23.1. The van der Waals surface area contributed by atoms with E-state index < -0.39 is 11.6 Å². The van der Waals surface area contributed by atoms with Crippen molar-refractivity contribution in [3.63, 3.8) is 0 Å². The van der Waals surface area contributed by atoms with Gasteiger partial charge in [0.05, 0.1) is 18.4 Å². The minimum Gasteiger partial charge on any atom is -0.486 e. The van der Waals surface area contributed by atoms with Gasteiger partial charge in [0, 0.05) is 18.0 Å². The predicted molar refractivity (Wildman–Crippen MR) is 148 cm³/mol. The molecule has 2 aliphatic heterocycles. The Kier molecular flexibility index (Phi) is 7.66. The van der Waals surface area contributed by atoms with Crippen LogP contribution in [0.25, 0.3) is 11.3 Å². The van der Waals surface area contributed by atoms with Gasteiger partial charge in [-0.05, 0) is 87.5 Å². The molecule has 3 heterocycles. The molecule has 7 heteroatoms. The fourth-order valence-electron chi connectivity index (χ4n) is 5.77. The molecule has 38 heavy (non-hydrogen) atoms. The lowest BCUT2D eigenvalue weighted by Crippen LogP contribution is -2.38. The minimum atomic E-state index is -0.568. The van der Waals surface area contributed by atoms with Crippen molar-refractivity contribution >= 4 is 5.69 Å². The van der Waals surface area contributed by atoms with Crippen LogP contribution < -0.4 is 9.64 Å². The first-order valence-corrected chi connectivity index (χ1v) is 13.8. The van der Waals surface area contributed by atoms with Crippen molar-refractivity contribution < 1.29 is 13.5 Å². The van der Waals surface area contributed by atoms with E-state index in [4.69, 9.17) is 4.74 Å². The van der Waals surface area contributed by atoms with Crippen molar-refractivity contribution in [2.75, 3.05) is 38.2 Å². The van der Waals surface area contributed by atoms with E-state index in [1.165, 1.54) is 36.2 Å². The van der Waals surface area contributed by atoms with Gasteiger partial charge in [-0.25, -0.2) is 18.7 Å². The van der Waals surface area contributed by atoms with Crippen LogP contribution in [0.3, 0.4) is 0 Å². The standard InChI is InChI=1S/C31H38F2N4O/c1-19(2)25-14-21(6-7-24(25)22-8-10-36(5)11-9-22)15-29-34-18-27(33)30(35-29)23-16-26(32)31-28(17-23)37(20(3)4)12-13-38-31/h6-7,14,16-20,22H,8-13,15H2,1-5H3. The molecule has 0 amide bonds. The highest BCUT2D eigenvalue weighted by molar-refractivity contribution is 5.72. The van der Waals surface area contributed by atoms with E-state index in [0.717, 1.165) is 18.7 Å². The summed E-state index contributed by atoms with van der Waals surface area (Å²) in [5.41, 5.74) is 5.03. The Hall–Kier alpha value is -3.06. The molecule has 0 bridgehead atoms. The van der Waals surface area contributed by atoms with Crippen molar-refractivity contribution in [1.82, 2.24) is 14.9 Å². The van der Waals surface area contributed by atoms with Crippen molar-refractivity contribution in [3.05, 3.63) is 70.7 Å². The third kappa shape index (κ3) is 5.39.